The molecule has 1 rings (SSSR count). The molecule has 0 aromatic heterocycles. The predicted octanol–water partition coefficient (Wildman–Crippen LogP) is -0.434. The van der Waals surface area contributed by atoms with Gasteiger partial charge < -0.3 is 20.1 Å². The van der Waals surface area contributed by atoms with E-state index < -0.39 is 23.7 Å². The van der Waals surface area contributed by atoms with Gasteiger partial charge in [-0.2, -0.15) is 0 Å². The van der Waals surface area contributed by atoms with Gasteiger partial charge in [-0.15, -0.1) is 0 Å². The molecule has 1 saturated heterocycles. The van der Waals surface area contributed by atoms with Crippen molar-refractivity contribution in [2.45, 2.75) is 32.4 Å². The summed E-state index contributed by atoms with van der Waals surface area (Å²) in [7, 11) is 1.24. The van der Waals surface area contributed by atoms with E-state index in [1.54, 1.807) is 20.8 Å². The van der Waals surface area contributed by atoms with Crippen molar-refractivity contribution in [3.8, 4) is 0 Å². The van der Waals surface area contributed by atoms with Gasteiger partial charge >= 0.3 is 12.1 Å². The summed E-state index contributed by atoms with van der Waals surface area (Å²) in [5.41, 5.74) is 4.66. The minimum absolute atomic E-state index is 0.0575. The number of rotatable bonds is 2. The largest absolute Gasteiger partial charge is 0.467 e. The molecule has 0 saturated carbocycles. The average Bonchev–Trinajstić information content (AvgIpc) is 2.43. The first-order valence-corrected chi connectivity index (χ1v) is 6.75. The number of carbonyl (C=O) groups is 3. The monoisotopic (exact) mass is 301 g/mol. The Morgan fingerprint density at radius 3 is 2.33 bits per heavy atom. The summed E-state index contributed by atoms with van der Waals surface area (Å²) in [4.78, 5) is 38.4. The van der Waals surface area contributed by atoms with Crippen molar-refractivity contribution in [3.05, 3.63) is 0 Å². The standard InChI is InChI=1S/C13H23N3O5/c1-13(2,3)21-12(19)16-6-5-15(10(17)7-14)8-9(16)11(18)20-4/h9H,5-8,14H2,1-4H3/t9-/m1/s1. The number of amides is 2. The van der Waals surface area contributed by atoms with Gasteiger partial charge in [0.25, 0.3) is 0 Å². The highest BCUT2D eigenvalue weighted by atomic mass is 16.6. The molecule has 1 atom stereocenters. The Morgan fingerprint density at radius 1 is 1.24 bits per heavy atom. The van der Waals surface area contributed by atoms with Crippen LogP contribution in [0.2, 0.25) is 0 Å². The van der Waals surface area contributed by atoms with Gasteiger partial charge in [-0.1, -0.05) is 0 Å². The molecule has 1 fully saturated rings. The van der Waals surface area contributed by atoms with Crippen LogP contribution in [-0.2, 0) is 19.1 Å². The predicted molar refractivity (Wildman–Crippen MR) is 74.4 cm³/mol. The van der Waals surface area contributed by atoms with Crippen LogP contribution >= 0.6 is 0 Å². The number of nitrogens with two attached hydrogens (primary N) is 1. The molecule has 21 heavy (non-hydrogen) atoms. The van der Waals surface area contributed by atoms with Gasteiger partial charge in [0.15, 0.2) is 6.04 Å². The zero-order chi connectivity index (χ0) is 16.2. The molecule has 0 aliphatic carbocycles. The number of hydrogen-bond acceptors (Lipinski definition) is 6. The van der Waals surface area contributed by atoms with E-state index in [2.05, 4.69) is 0 Å². The molecule has 0 bridgehead atoms. The SMILES string of the molecule is COC(=O)[C@H]1CN(C(=O)CN)CCN1C(=O)OC(C)(C)C. The molecular formula is C13H23N3O5. The lowest BCUT2D eigenvalue weighted by atomic mass is 10.1. The molecule has 8 heteroatoms. The first-order valence-electron chi connectivity index (χ1n) is 6.75. The molecular weight excluding hydrogens is 278 g/mol. The van der Waals surface area contributed by atoms with Gasteiger partial charge in [0.1, 0.15) is 5.60 Å². The van der Waals surface area contributed by atoms with Gasteiger partial charge in [-0.25, -0.2) is 9.59 Å². The maximum Gasteiger partial charge on any atom is 0.411 e. The Morgan fingerprint density at radius 2 is 1.86 bits per heavy atom. The van der Waals surface area contributed by atoms with Crippen molar-refractivity contribution in [3.63, 3.8) is 0 Å². The number of nitrogens with zero attached hydrogens (tertiary/aromatic N) is 2. The molecule has 8 nitrogen and oxygen atoms in total. The third-order valence-electron chi connectivity index (χ3n) is 3.01. The molecule has 1 heterocycles. The maximum atomic E-state index is 12.2. The Balaban J connectivity index is 2.86. The summed E-state index contributed by atoms with van der Waals surface area (Å²) in [6.07, 6.45) is -0.599. The van der Waals surface area contributed by atoms with Crippen LogP contribution in [0.4, 0.5) is 4.79 Å². The highest BCUT2D eigenvalue weighted by Gasteiger charge is 2.39. The van der Waals surface area contributed by atoms with E-state index in [4.69, 9.17) is 15.2 Å². The fourth-order valence-corrected chi connectivity index (χ4v) is 2.02. The highest BCUT2D eigenvalue weighted by Crippen LogP contribution is 2.16. The topological polar surface area (TPSA) is 102 Å². The fourth-order valence-electron chi connectivity index (χ4n) is 2.02. The van der Waals surface area contributed by atoms with Crippen LogP contribution < -0.4 is 5.73 Å². The number of carbonyl (C=O) groups excluding carboxylic acids is 3. The van der Waals surface area contributed by atoms with Crippen molar-refractivity contribution in [2.24, 2.45) is 5.73 Å². The molecule has 1 aliphatic heterocycles. The lowest BCUT2D eigenvalue weighted by Crippen LogP contribution is -2.60. The average molecular weight is 301 g/mol. The second-order valence-corrected chi connectivity index (χ2v) is 5.76. The zero-order valence-electron chi connectivity index (χ0n) is 12.9. The molecule has 2 amide bonds. The lowest BCUT2D eigenvalue weighted by molar-refractivity contribution is -0.151. The Hall–Kier alpha value is -1.83. The lowest BCUT2D eigenvalue weighted by Gasteiger charge is -2.40. The van der Waals surface area contributed by atoms with E-state index in [0.29, 0.717) is 6.54 Å². The second kappa shape index (κ2) is 6.75. The van der Waals surface area contributed by atoms with Crippen LogP contribution in [0.15, 0.2) is 0 Å². The Kier molecular flexibility index (Phi) is 5.54. The summed E-state index contributed by atoms with van der Waals surface area (Å²) >= 11 is 0. The third kappa shape index (κ3) is 4.59. The molecule has 0 unspecified atom stereocenters. The van der Waals surface area contributed by atoms with Gasteiger partial charge in [0.05, 0.1) is 20.2 Å². The molecule has 0 radical (unpaired) electrons. The van der Waals surface area contributed by atoms with Crippen molar-refractivity contribution in [1.82, 2.24) is 9.80 Å². The summed E-state index contributed by atoms with van der Waals surface area (Å²) in [6.45, 7) is 5.65. The first kappa shape index (κ1) is 17.2. The molecule has 0 aromatic rings. The molecule has 0 spiro atoms. The molecule has 120 valence electrons. The Bertz CT molecular complexity index is 419. The van der Waals surface area contributed by atoms with Crippen LogP contribution in [0.25, 0.3) is 0 Å². The number of esters is 1. The smallest absolute Gasteiger partial charge is 0.411 e. The second-order valence-electron chi connectivity index (χ2n) is 5.76. The van der Waals surface area contributed by atoms with E-state index in [-0.39, 0.29) is 25.5 Å². The van der Waals surface area contributed by atoms with Crippen LogP contribution in [0, 0.1) is 0 Å². The van der Waals surface area contributed by atoms with Crippen LogP contribution in [0.1, 0.15) is 20.8 Å². The van der Waals surface area contributed by atoms with E-state index >= 15 is 0 Å². The molecule has 2 N–H and O–H groups in total. The van der Waals surface area contributed by atoms with Crippen LogP contribution in [0.5, 0.6) is 0 Å². The normalized spacial score (nSPS) is 19.2. The first-order chi connectivity index (χ1) is 9.69. The quantitative estimate of drug-likeness (QED) is 0.694. The molecule has 1 aliphatic rings. The van der Waals surface area contributed by atoms with Gasteiger partial charge in [0, 0.05) is 13.1 Å². The summed E-state index contributed by atoms with van der Waals surface area (Å²) in [5.74, 6) is -0.858. The number of methoxy groups -OCH3 is 1. The minimum atomic E-state index is -0.880. The van der Waals surface area contributed by atoms with E-state index in [1.165, 1.54) is 16.9 Å². The van der Waals surface area contributed by atoms with E-state index in [1.807, 2.05) is 0 Å². The van der Waals surface area contributed by atoms with Gasteiger partial charge in [-0.3, -0.25) is 9.69 Å². The van der Waals surface area contributed by atoms with Crippen molar-refractivity contribution in [1.29, 1.82) is 0 Å². The summed E-state index contributed by atoms with van der Waals surface area (Å²) in [5, 5.41) is 0. The van der Waals surface area contributed by atoms with Crippen LogP contribution in [-0.4, -0.2) is 72.7 Å². The van der Waals surface area contributed by atoms with Crippen molar-refractivity contribution >= 4 is 18.0 Å². The zero-order valence-corrected chi connectivity index (χ0v) is 12.9. The van der Waals surface area contributed by atoms with Crippen molar-refractivity contribution < 1.29 is 23.9 Å². The maximum absolute atomic E-state index is 12.2. The van der Waals surface area contributed by atoms with Crippen molar-refractivity contribution in [2.75, 3.05) is 33.3 Å². The van der Waals surface area contributed by atoms with Gasteiger partial charge in [-0.05, 0) is 20.8 Å². The number of piperazine rings is 1. The minimum Gasteiger partial charge on any atom is -0.467 e. The van der Waals surface area contributed by atoms with Gasteiger partial charge in [0.2, 0.25) is 5.91 Å². The third-order valence-corrected chi connectivity index (χ3v) is 3.01. The van der Waals surface area contributed by atoms with E-state index in [0.717, 1.165) is 0 Å². The molecule has 0 aromatic carbocycles. The summed E-state index contributed by atoms with van der Waals surface area (Å²) < 4.78 is 9.98. The highest BCUT2D eigenvalue weighted by molar-refractivity contribution is 5.84. The van der Waals surface area contributed by atoms with E-state index in [9.17, 15) is 14.4 Å². The Labute approximate surface area is 124 Å². The van der Waals surface area contributed by atoms with Crippen LogP contribution in [0.3, 0.4) is 0 Å². The number of ether oxygens (including phenoxy) is 2. The number of hydrogen-bond donors (Lipinski definition) is 1. The summed E-state index contributed by atoms with van der Waals surface area (Å²) in [6, 6.07) is -0.880. The fraction of sp³-hybridized carbons (Fsp3) is 0.769.